The van der Waals surface area contributed by atoms with E-state index < -0.39 is 33.9 Å². The van der Waals surface area contributed by atoms with Crippen LogP contribution in [0.5, 0.6) is 0 Å². The molecule has 7 nitrogen and oxygen atoms in total. The lowest BCUT2D eigenvalue weighted by atomic mass is 9.96. The number of esters is 2. The van der Waals surface area contributed by atoms with Crippen LogP contribution < -0.4 is 0 Å². The van der Waals surface area contributed by atoms with Gasteiger partial charge in [0.2, 0.25) is 0 Å². The van der Waals surface area contributed by atoms with Crippen LogP contribution in [0.4, 0.5) is 8.78 Å². The van der Waals surface area contributed by atoms with Gasteiger partial charge < -0.3 is 9.47 Å². The summed E-state index contributed by atoms with van der Waals surface area (Å²) in [5.74, 6) is -1.75. The van der Waals surface area contributed by atoms with E-state index in [2.05, 4.69) is 4.74 Å². The molecule has 0 aliphatic carbocycles. The zero-order chi connectivity index (χ0) is 19.1. The summed E-state index contributed by atoms with van der Waals surface area (Å²) in [6.07, 6.45) is -0.0576. The fourth-order valence-electron chi connectivity index (χ4n) is 1.55. The number of carbonyl (C=O) groups excluding carboxylic acids is 2. The van der Waals surface area contributed by atoms with E-state index in [0.29, 0.717) is 6.32 Å². The normalized spacial score (nSPS) is 11.8. The van der Waals surface area contributed by atoms with E-state index in [0.717, 1.165) is 5.56 Å². The maximum Gasteiger partial charge on any atom is 0.402 e. The molecule has 2 radical (unpaired) electrons. The molecule has 0 unspecified atom stereocenters. The van der Waals surface area contributed by atoms with Crippen molar-refractivity contribution >= 4 is 29.9 Å². The fourth-order valence-corrected chi connectivity index (χ4v) is 1.76. The van der Waals surface area contributed by atoms with Gasteiger partial charge in [-0.25, -0.2) is 4.79 Å². The van der Waals surface area contributed by atoms with Crippen LogP contribution in [-0.4, -0.2) is 51.2 Å². The molecule has 0 aromatic heterocycles. The van der Waals surface area contributed by atoms with Crippen LogP contribution in [0.15, 0.2) is 24.3 Å². The Kier molecular flexibility index (Phi) is 7.49. The van der Waals surface area contributed by atoms with Crippen molar-refractivity contribution < 1.29 is 40.8 Å². The minimum absolute atomic E-state index is 0.0110. The van der Waals surface area contributed by atoms with Crippen LogP contribution in [0.2, 0.25) is 0 Å². The van der Waals surface area contributed by atoms with Crippen molar-refractivity contribution in [3.8, 4) is 0 Å². The lowest BCUT2D eigenvalue weighted by molar-refractivity contribution is -0.149. The average molecular weight is 376 g/mol. The van der Waals surface area contributed by atoms with Crippen LogP contribution >= 0.6 is 0 Å². The first-order valence-electron chi connectivity index (χ1n) is 7.03. The van der Waals surface area contributed by atoms with Crippen molar-refractivity contribution in [2.45, 2.75) is 24.4 Å². The van der Waals surface area contributed by atoms with Gasteiger partial charge in [0, 0.05) is 6.42 Å². The molecule has 0 saturated heterocycles. The summed E-state index contributed by atoms with van der Waals surface area (Å²) in [4.78, 5) is 22.9. The number of halogens is 2. The lowest BCUT2D eigenvalue weighted by Crippen LogP contribution is -2.34. The monoisotopic (exact) mass is 376 g/mol. The van der Waals surface area contributed by atoms with Crippen LogP contribution in [0, 0.1) is 0 Å². The number of benzene rings is 1. The fraction of sp³-hybridized carbons (Fsp3) is 0.429. The van der Waals surface area contributed by atoms with Gasteiger partial charge in [0.15, 0.2) is 6.61 Å². The summed E-state index contributed by atoms with van der Waals surface area (Å²) in [6.45, 7) is -1.96. The van der Waals surface area contributed by atoms with Crippen LogP contribution in [0.1, 0.15) is 28.8 Å². The predicted molar refractivity (Wildman–Crippen MR) is 82.9 cm³/mol. The lowest BCUT2D eigenvalue weighted by Gasteiger charge is -2.12. The van der Waals surface area contributed by atoms with Gasteiger partial charge in [0.1, 0.15) is 0 Å². The first-order valence-corrected chi connectivity index (χ1v) is 8.47. The van der Waals surface area contributed by atoms with Gasteiger partial charge in [-0.2, -0.15) is 17.2 Å². The largest absolute Gasteiger partial charge is 0.462 e. The minimum atomic E-state index is -5.66. The molecule has 1 aromatic carbocycles. The molecule has 25 heavy (non-hydrogen) atoms. The highest BCUT2D eigenvalue weighted by Crippen LogP contribution is 2.20. The number of rotatable bonds is 9. The van der Waals surface area contributed by atoms with E-state index >= 15 is 0 Å². The van der Waals surface area contributed by atoms with E-state index in [1.807, 2.05) is 0 Å². The standard InChI is InChI=1S/C14H15BF2O7S/c15-8-10-3-5-11(6-4-10)13(19)23-7-1-2-12(18)24-9-14(16,17)25(20,21)22/h3-6H,1-2,7-9H2,(H,20,21,22). The highest BCUT2D eigenvalue weighted by molar-refractivity contribution is 7.86. The molecule has 1 N–H and O–H groups in total. The molecular weight excluding hydrogens is 361 g/mol. The summed E-state index contributed by atoms with van der Waals surface area (Å²) < 4.78 is 63.5. The zero-order valence-corrected chi connectivity index (χ0v) is 13.8. The minimum Gasteiger partial charge on any atom is -0.462 e. The average Bonchev–Trinajstić information content (AvgIpc) is 2.55. The van der Waals surface area contributed by atoms with Crippen molar-refractivity contribution in [1.29, 1.82) is 0 Å². The van der Waals surface area contributed by atoms with Crippen molar-refractivity contribution in [2.75, 3.05) is 13.2 Å². The third-order valence-corrected chi connectivity index (χ3v) is 3.83. The second-order valence-corrected chi connectivity index (χ2v) is 6.46. The van der Waals surface area contributed by atoms with Gasteiger partial charge in [-0.15, -0.1) is 0 Å². The third-order valence-electron chi connectivity index (χ3n) is 2.96. The molecule has 1 aromatic rings. The molecular formula is C14H15BF2O7S. The van der Waals surface area contributed by atoms with E-state index in [1.54, 1.807) is 12.1 Å². The van der Waals surface area contributed by atoms with Gasteiger partial charge in [-0.05, 0) is 18.6 Å². The Labute approximate surface area is 144 Å². The summed E-state index contributed by atoms with van der Waals surface area (Å²) in [7, 11) is -0.234. The summed E-state index contributed by atoms with van der Waals surface area (Å²) in [5.41, 5.74) is 1.12. The topological polar surface area (TPSA) is 107 Å². The smallest absolute Gasteiger partial charge is 0.402 e. The molecule has 0 heterocycles. The molecule has 1 rings (SSSR count). The number of hydrogen-bond donors (Lipinski definition) is 1. The molecule has 0 aliphatic rings. The molecule has 0 aliphatic heterocycles. The molecule has 0 amide bonds. The number of alkyl halides is 2. The Bertz CT molecular complexity index is 704. The Balaban J connectivity index is 2.30. The Morgan fingerprint density at radius 2 is 1.76 bits per heavy atom. The van der Waals surface area contributed by atoms with Gasteiger partial charge >= 0.3 is 27.3 Å². The van der Waals surface area contributed by atoms with Gasteiger partial charge in [-0.1, -0.05) is 24.0 Å². The first kappa shape index (κ1) is 21.0. The first-order chi connectivity index (χ1) is 11.6. The summed E-state index contributed by atoms with van der Waals surface area (Å²) in [6, 6.07) is 6.36. The van der Waals surface area contributed by atoms with E-state index in [-0.39, 0.29) is 25.0 Å². The Morgan fingerprint density at radius 3 is 2.28 bits per heavy atom. The second kappa shape index (κ2) is 8.91. The molecule has 11 heteroatoms. The van der Waals surface area contributed by atoms with Crippen molar-refractivity contribution in [1.82, 2.24) is 0 Å². The molecule has 0 saturated carbocycles. The molecule has 0 spiro atoms. The van der Waals surface area contributed by atoms with Crippen molar-refractivity contribution in [3.63, 3.8) is 0 Å². The zero-order valence-electron chi connectivity index (χ0n) is 13.0. The molecule has 0 fully saturated rings. The van der Waals surface area contributed by atoms with Gasteiger partial charge in [-0.3, -0.25) is 9.35 Å². The second-order valence-electron chi connectivity index (χ2n) is 4.91. The van der Waals surface area contributed by atoms with Crippen LogP contribution in [-0.2, 0) is 30.7 Å². The van der Waals surface area contributed by atoms with Gasteiger partial charge in [0.25, 0.3) is 0 Å². The quantitative estimate of drug-likeness (QED) is 0.300. The molecule has 0 atom stereocenters. The number of ether oxygens (including phenoxy) is 2. The maximum absolute atomic E-state index is 12.8. The Hall–Kier alpha value is -2.01. The van der Waals surface area contributed by atoms with Crippen molar-refractivity contribution in [3.05, 3.63) is 35.4 Å². The SMILES string of the molecule is [B]Cc1ccc(C(=O)OCCCC(=O)OCC(F)(F)S(=O)(=O)O)cc1. The summed E-state index contributed by atoms with van der Waals surface area (Å²) in [5, 5.41) is -4.58. The summed E-state index contributed by atoms with van der Waals surface area (Å²) >= 11 is 0. The third kappa shape index (κ3) is 6.79. The van der Waals surface area contributed by atoms with E-state index in [4.69, 9.17) is 17.1 Å². The van der Waals surface area contributed by atoms with E-state index in [1.165, 1.54) is 12.1 Å². The molecule has 0 bridgehead atoms. The van der Waals surface area contributed by atoms with E-state index in [9.17, 15) is 26.8 Å². The molecule has 136 valence electrons. The van der Waals surface area contributed by atoms with Crippen LogP contribution in [0.25, 0.3) is 0 Å². The Morgan fingerprint density at radius 1 is 1.16 bits per heavy atom. The predicted octanol–water partition coefficient (Wildman–Crippen LogP) is 1.32. The number of carbonyl (C=O) groups is 2. The van der Waals surface area contributed by atoms with Gasteiger partial charge in [0.05, 0.1) is 20.0 Å². The highest BCUT2D eigenvalue weighted by atomic mass is 32.2. The maximum atomic E-state index is 12.8. The number of hydrogen-bond acceptors (Lipinski definition) is 6. The van der Waals surface area contributed by atoms with Crippen molar-refractivity contribution in [2.24, 2.45) is 0 Å². The highest BCUT2D eigenvalue weighted by Gasteiger charge is 2.45. The van der Waals surface area contributed by atoms with Crippen LogP contribution in [0.3, 0.4) is 0 Å².